The second kappa shape index (κ2) is 4.67. The summed E-state index contributed by atoms with van der Waals surface area (Å²) in [7, 11) is 6.72. The van der Waals surface area contributed by atoms with Gasteiger partial charge in [0.1, 0.15) is 0 Å². The molecule has 0 aromatic rings. The molecular weight excluding hydrogens is 243 g/mol. The van der Waals surface area contributed by atoms with Crippen molar-refractivity contribution in [3.8, 4) is 0 Å². The van der Waals surface area contributed by atoms with E-state index in [1.54, 1.807) is 0 Å². The molecule has 0 aliphatic heterocycles. The van der Waals surface area contributed by atoms with Crippen molar-refractivity contribution in [2.24, 2.45) is 0 Å². The van der Waals surface area contributed by atoms with E-state index in [4.69, 9.17) is 0 Å². The molecule has 0 saturated heterocycles. The van der Waals surface area contributed by atoms with Crippen LogP contribution >= 0.6 is 0 Å². The fourth-order valence-electron chi connectivity index (χ4n) is 1.27. The predicted octanol–water partition coefficient (Wildman–Crippen LogP) is 1.59. The van der Waals surface area contributed by atoms with E-state index in [1.165, 1.54) is 11.0 Å². The van der Waals surface area contributed by atoms with Crippen LogP contribution in [0.5, 0.6) is 0 Å². The van der Waals surface area contributed by atoms with Gasteiger partial charge in [-0.3, -0.25) is 0 Å². The van der Waals surface area contributed by atoms with Crippen LogP contribution in [-0.2, 0) is 0 Å². The topological polar surface area (TPSA) is 6.48 Å². The third kappa shape index (κ3) is 2.60. The Morgan fingerprint density at radius 2 is 1.55 bits per heavy atom. The molecule has 0 radical (unpaired) electrons. The van der Waals surface area contributed by atoms with Crippen LogP contribution in [0.2, 0.25) is 9.38 Å². The average molecular weight is 265 g/mol. The average Bonchev–Trinajstić information content (AvgIpc) is 2.01. The Kier molecular flexibility index (Phi) is 4.98. The van der Waals surface area contributed by atoms with E-state index >= 15 is 0 Å². The fourth-order valence-corrected chi connectivity index (χ4v) is 8.51. The van der Waals surface area contributed by atoms with Crippen LogP contribution in [0, 0.1) is 0 Å². The van der Waals surface area contributed by atoms with Gasteiger partial charge >= 0.3 is 76.1 Å². The number of hydrogen-bond acceptors (Lipinski definition) is 2. The van der Waals surface area contributed by atoms with Crippen molar-refractivity contribution in [1.82, 2.24) is 6.24 Å². The maximum atomic E-state index is 2.58. The molecule has 0 aromatic heterocycles. The molecule has 0 N–H and O–H groups in total. The summed E-state index contributed by atoms with van der Waals surface area (Å²) in [6.07, 6.45) is 0. The zero-order valence-corrected chi connectivity index (χ0v) is 11.7. The van der Waals surface area contributed by atoms with E-state index in [1.807, 2.05) is 0 Å². The third-order valence-electron chi connectivity index (χ3n) is 2.93. The van der Waals surface area contributed by atoms with Crippen LogP contribution in [0.15, 0.2) is 0 Å². The first-order valence-electron chi connectivity index (χ1n) is 4.37. The van der Waals surface area contributed by atoms with Crippen molar-refractivity contribution in [3.05, 3.63) is 0 Å². The minimum atomic E-state index is -1.98. The molecule has 1 atom stereocenters. The molecule has 2 nitrogen and oxygen atoms in total. The van der Waals surface area contributed by atoms with Crippen LogP contribution in [0.4, 0.5) is 0 Å². The van der Waals surface area contributed by atoms with Crippen molar-refractivity contribution in [1.29, 1.82) is 0 Å². The van der Waals surface area contributed by atoms with Gasteiger partial charge in [0.05, 0.1) is 0 Å². The van der Waals surface area contributed by atoms with Crippen LogP contribution in [-0.4, -0.2) is 52.9 Å². The van der Waals surface area contributed by atoms with E-state index in [2.05, 4.69) is 46.2 Å². The molecule has 3 heteroatoms. The maximum absolute atomic E-state index is 2.58. The summed E-state index contributed by atoms with van der Waals surface area (Å²) in [4.78, 5) is 2.48. The fraction of sp³-hybridized carbons (Fsp3) is 1.00. The second-order valence-electron chi connectivity index (χ2n) is 3.48. The van der Waals surface area contributed by atoms with Crippen LogP contribution < -0.4 is 0 Å². The monoisotopic (exact) mass is 266 g/mol. The van der Waals surface area contributed by atoms with Gasteiger partial charge in [-0.2, -0.15) is 0 Å². The Hall–Kier alpha value is 0.719. The summed E-state index contributed by atoms with van der Waals surface area (Å²) in [6.45, 7) is 5.76. The van der Waals surface area contributed by atoms with Crippen molar-refractivity contribution in [3.63, 3.8) is 0 Å². The molecule has 1 unspecified atom stereocenters. The van der Waals surface area contributed by atoms with Crippen molar-refractivity contribution in [2.45, 2.75) is 23.2 Å². The Bertz CT molecular complexity index is 117. The van der Waals surface area contributed by atoms with E-state index in [-0.39, 0.29) is 0 Å². The normalized spacial score (nSPS) is 17.5. The van der Waals surface area contributed by atoms with Crippen molar-refractivity contribution >= 4 is 18.9 Å². The zero-order valence-electron chi connectivity index (χ0n) is 8.81. The van der Waals surface area contributed by atoms with Crippen LogP contribution in [0.1, 0.15) is 13.8 Å². The van der Waals surface area contributed by atoms with Gasteiger partial charge in [-0.25, -0.2) is 0 Å². The molecule has 0 heterocycles. The first-order valence-corrected chi connectivity index (χ1v) is 11.8. The Morgan fingerprint density at radius 3 is 1.64 bits per heavy atom. The minimum absolute atomic E-state index is 1.19. The molecule has 0 bridgehead atoms. The molecule has 0 fully saturated rings. The van der Waals surface area contributed by atoms with E-state index in [9.17, 15) is 0 Å². The SMILES string of the molecule is CC[N](C)[Sn]([CH3])([CH2]C)[N](C)C. The molecule has 0 amide bonds. The molecule has 0 rings (SSSR count). The summed E-state index contributed by atoms with van der Waals surface area (Å²) in [5.41, 5.74) is 0. The van der Waals surface area contributed by atoms with E-state index < -0.39 is 18.9 Å². The van der Waals surface area contributed by atoms with Crippen molar-refractivity contribution in [2.75, 3.05) is 27.7 Å². The molecule has 0 aliphatic carbocycles. The third-order valence-corrected chi connectivity index (χ3v) is 17.8. The zero-order chi connectivity index (χ0) is 9.07. The van der Waals surface area contributed by atoms with Gasteiger partial charge in [0.15, 0.2) is 0 Å². The van der Waals surface area contributed by atoms with Gasteiger partial charge in [0.2, 0.25) is 0 Å². The molecule has 0 saturated carbocycles. The Labute approximate surface area is 76.1 Å². The van der Waals surface area contributed by atoms with Gasteiger partial charge in [-0.15, -0.1) is 0 Å². The van der Waals surface area contributed by atoms with Crippen LogP contribution in [0.25, 0.3) is 0 Å². The molecular formula is C8H22N2Sn. The summed E-state index contributed by atoms with van der Waals surface area (Å²) in [6, 6.07) is 0. The first kappa shape index (κ1) is 11.7. The second-order valence-corrected chi connectivity index (χ2v) is 17.2. The Balaban J connectivity index is 4.32. The Morgan fingerprint density at radius 1 is 1.09 bits per heavy atom. The number of hydrogen-bond donors (Lipinski definition) is 0. The predicted molar refractivity (Wildman–Crippen MR) is 54.1 cm³/mol. The molecule has 0 aliphatic rings. The van der Waals surface area contributed by atoms with Gasteiger partial charge in [-0.1, -0.05) is 0 Å². The van der Waals surface area contributed by atoms with Gasteiger partial charge in [0.25, 0.3) is 0 Å². The molecule has 0 aromatic carbocycles. The van der Waals surface area contributed by atoms with Gasteiger partial charge in [-0.05, 0) is 0 Å². The number of nitrogens with zero attached hydrogens (tertiary/aromatic N) is 2. The van der Waals surface area contributed by atoms with Gasteiger partial charge in [0, 0.05) is 0 Å². The molecule has 11 heavy (non-hydrogen) atoms. The summed E-state index contributed by atoms with van der Waals surface area (Å²) < 4.78 is 6.43. The molecule has 68 valence electrons. The van der Waals surface area contributed by atoms with Crippen molar-refractivity contribution < 1.29 is 0 Å². The van der Waals surface area contributed by atoms with Gasteiger partial charge < -0.3 is 0 Å². The summed E-state index contributed by atoms with van der Waals surface area (Å²) in [5.74, 6) is 0. The summed E-state index contributed by atoms with van der Waals surface area (Å²) >= 11 is -1.98. The molecule has 0 spiro atoms. The van der Waals surface area contributed by atoms with E-state index in [0.717, 1.165) is 0 Å². The van der Waals surface area contributed by atoms with Crippen LogP contribution in [0.3, 0.4) is 0 Å². The van der Waals surface area contributed by atoms with E-state index in [0.29, 0.717) is 0 Å². The summed E-state index contributed by atoms with van der Waals surface area (Å²) in [5, 5.41) is 0. The quantitative estimate of drug-likeness (QED) is 0.712. The number of rotatable bonds is 4. The first-order chi connectivity index (χ1) is 4.99. The standard InChI is InChI=1S/C3H8N.C2H6N.C2H5.CH3.Sn/c1-3-4-2;1-3-2;1-2;;/h3H2,1-2H3;1-2H3;1H2,2H3;1H3;/q2*-1;;;+2.